The molecule has 1 fully saturated rings. The minimum absolute atomic E-state index is 0.0135. The molecule has 7 nitrogen and oxygen atoms in total. The minimum atomic E-state index is -2.89. The molecular formula is C22H28N4O3S. The minimum Gasteiger partial charge on any atom is -0.369 e. The maximum absolute atomic E-state index is 12.7. The molecule has 0 N–H and O–H groups in total. The molecule has 0 amide bonds. The second kappa shape index (κ2) is 7.27. The van der Waals surface area contributed by atoms with Crippen molar-refractivity contribution in [2.75, 3.05) is 29.5 Å². The summed E-state index contributed by atoms with van der Waals surface area (Å²) in [5, 5.41) is 0. The summed E-state index contributed by atoms with van der Waals surface area (Å²) in [6.45, 7) is 8.01. The monoisotopic (exact) mass is 428 g/mol. The van der Waals surface area contributed by atoms with Crippen molar-refractivity contribution in [3.8, 4) is 11.3 Å². The van der Waals surface area contributed by atoms with Gasteiger partial charge in [-0.15, -0.1) is 0 Å². The van der Waals surface area contributed by atoms with Crippen molar-refractivity contribution in [1.82, 2.24) is 14.1 Å². The number of nitrogens with zero attached hydrogens (tertiary/aromatic N) is 4. The molecule has 1 aromatic carbocycles. The molecule has 1 saturated heterocycles. The first-order chi connectivity index (χ1) is 14.0. The second-order valence-corrected chi connectivity index (χ2v) is 11.5. The van der Waals surface area contributed by atoms with Gasteiger partial charge in [0.2, 0.25) is 0 Å². The molecule has 0 saturated carbocycles. The predicted octanol–water partition coefficient (Wildman–Crippen LogP) is 2.68. The summed E-state index contributed by atoms with van der Waals surface area (Å²) in [5.41, 5.74) is 4.22. The van der Waals surface area contributed by atoms with Crippen LogP contribution in [-0.4, -0.2) is 47.1 Å². The van der Waals surface area contributed by atoms with Crippen LogP contribution in [0, 0.1) is 5.41 Å². The number of anilines is 1. The first-order valence-corrected chi connectivity index (χ1v) is 12.0. The summed E-state index contributed by atoms with van der Waals surface area (Å²) in [6.07, 6.45) is 0. The number of pyridine rings is 1. The molecule has 0 unspecified atom stereocenters. The number of imidazole rings is 1. The van der Waals surface area contributed by atoms with Gasteiger partial charge in [-0.25, -0.2) is 18.2 Å². The van der Waals surface area contributed by atoms with Gasteiger partial charge in [-0.1, -0.05) is 32.9 Å². The number of fused-ring (bicyclic) bond motifs is 1. The Bertz CT molecular complexity index is 1230. The van der Waals surface area contributed by atoms with Crippen molar-refractivity contribution < 1.29 is 8.42 Å². The molecule has 0 radical (unpaired) electrons. The van der Waals surface area contributed by atoms with Gasteiger partial charge in [-0.2, -0.15) is 0 Å². The Morgan fingerprint density at radius 2 is 1.63 bits per heavy atom. The van der Waals surface area contributed by atoms with Gasteiger partial charge in [-0.05, 0) is 29.7 Å². The molecule has 1 aliphatic rings. The molecule has 0 spiro atoms. The molecule has 1 aliphatic heterocycles. The maximum atomic E-state index is 12.7. The largest absolute Gasteiger partial charge is 0.369 e. The van der Waals surface area contributed by atoms with Gasteiger partial charge in [-0.3, -0.25) is 9.13 Å². The van der Waals surface area contributed by atoms with Crippen LogP contribution in [0.4, 0.5) is 5.69 Å². The van der Waals surface area contributed by atoms with E-state index in [0.717, 1.165) is 22.5 Å². The van der Waals surface area contributed by atoms with Crippen LogP contribution in [0.5, 0.6) is 0 Å². The lowest BCUT2D eigenvalue weighted by Gasteiger charge is -2.28. The third-order valence-electron chi connectivity index (χ3n) is 5.49. The Hall–Kier alpha value is -2.61. The summed E-state index contributed by atoms with van der Waals surface area (Å²) in [4.78, 5) is 19.6. The molecule has 4 rings (SSSR count). The zero-order valence-electron chi connectivity index (χ0n) is 17.9. The highest BCUT2D eigenvalue weighted by atomic mass is 32.2. The van der Waals surface area contributed by atoms with Gasteiger partial charge in [0, 0.05) is 37.9 Å². The highest BCUT2D eigenvalue weighted by Crippen LogP contribution is 2.26. The fourth-order valence-corrected chi connectivity index (χ4v) is 5.08. The zero-order chi connectivity index (χ0) is 21.7. The van der Waals surface area contributed by atoms with E-state index in [9.17, 15) is 13.2 Å². The average molecular weight is 429 g/mol. The Labute approximate surface area is 176 Å². The topological polar surface area (TPSA) is 77.2 Å². The standard InChI is InChI=1S/C22H28N4O3S/c1-22(2,3)15-26-19-10-9-18(23-20(19)24(4)21(26)27)16-5-7-17(8-6-16)25-11-13-30(28,29)14-12-25/h5-10H,11-15H2,1-4H3. The predicted molar refractivity (Wildman–Crippen MR) is 121 cm³/mol. The van der Waals surface area contributed by atoms with E-state index >= 15 is 0 Å². The highest BCUT2D eigenvalue weighted by molar-refractivity contribution is 7.91. The van der Waals surface area contributed by atoms with Crippen LogP contribution in [0.25, 0.3) is 22.4 Å². The van der Waals surface area contributed by atoms with Crippen molar-refractivity contribution >= 4 is 26.7 Å². The van der Waals surface area contributed by atoms with Crippen LogP contribution in [-0.2, 0) is 23.4 Å². The third-order valence-corrected chi connectivity index (χ3v) is 7.10. The molecule has 2 aromatic heterocycles. The van der Waals surface area contributed by atoms with E-state index in [4.69, 9.17) is 4.98 Å². The molecule has 8 heteroatoms. The van der Waals surface area contributed by atoms with Gasteiger partial charge in [0.25, 0.3) is 0 Å². The lowest BCUT2D eigenvalue weighted by atomic mass is 9.97. The van der Waals surface area contributed by atoms with E-state index in [2.05, 4.69) is 25.7 Å². The van der Waals surface area contributed by atoms with E-state index in [1.54, 1.807) is 16.2 Å². The van der Waals surface area contributed by atoms with E-state index in [-0.39, 0.29) is 22.6 Å². The second-order valence-electron chi connectivity index (χ2n) is 9.21. The summed E-state index contributed by atoms with van der Waals surface area (Å²) < 4.78 is 26.7. The van der Waals surface area contributed by atoms with Crippen LogP contribution in [0.1, 0.15) is 20.8 Å². The summed E-state index contributed by atoms with van der Waals surface area (Å²) in [7, 11) is -1.14. The van der Waals surface area contributed by atoms with Crippen molar-refractivity contribution in [2.45, 2.75) is 27.3 Å². The molecular weight excluding hydrogens is 400 g/mol. The Morgan fingerprint density at radius 1 is 1.00 bits per heavy atom. The van der Waals surface area contributed by atoms with Gasteiger partial charge in [0.05, 0.1) is 22.7 Å². The van der Waals surface area contributed by atoms with E-state index < -0.39 is 9.84 Å². The number of aromatic nitrogens is 3. The number of sulfone groups is 1. The van der Waals surface area contributed by atoms with E-state index in [1.807, 2.05) is 36.4 Å². The van der Waals surface area contributed by atoms with Gasteiger partial charge >= 0.3 is 5.69 Å². The molecule has 0 atom stereocenters. The van der Waals surface area contributed by atoms with Gasteiger partial charge in [0.15, 0.2) is 15.5 Å². The van der Waals surface area contributed by atoms with Crippen molar-refractivity contribution in [1.29, 1.82) is 0 Å². The normalized spacial score (nSPS) is 16.9. The zero-order valence-corrected chi connectivity index (χ0v) is 18.7. The number of aryl methyl sites for hydroxylation is 1. The fourth-order valence-electron chi connectivity index (χ4n) is 3.87. The number of benzene rings is 1. The van der Waals surface area contributed by atoms with Gasteiger partial charge < -0.3 is 4.90 Å². The number of rotatable bonds is 3. The third kappa shape index (κ3) is 4.01. The first-order valence-electron chi connectivity index (χ1n) is 10.2. The first kappa shape index (κ1) is 20.7. The van der Waals surface area contributed by atoms with Gasteiger partial charge in [0.1, 0.15) is 0 Å². The molecule has 3 aromatic rings. The Kier molecular flexibility index (Phi) is 5.00. The molecule has 0 aliphatic carbocycles. The van der Waals surface area contributed by atoms with Crippen molar-refractivity contribution in [3.05, 3.63) is 46.9 Å². The lowest BCUT2D eigenvalue weighted by molar-refractivity contribution is 0.342. The highest BCUT2D eigenvalue weighted by Gasteiger charge is 2.22. The van der Waals surface area contributed by atoms with Crippen LogP contribution in [0.2, 0.25) is 0 Å². The molecule has 160 valence electrons. The maximum Gasteiger partial charge on any atom is 0.330 e. The Balaban J connectivity index is 1.64. The fraction of sp³-hybridized carbons (Fsp3) is 0.455. The van der Waals surface area contributed by atoms with Crippen LogP contribution in [0.3, 0.4) is 0 Å². The summed E-state index contributed by atoms with van der Waals surface area (Å²) in [6, 6.07) is 11.9. The van der Waals surface area contributed by atoms with E-state index in [0.29, 0.717) is 25.3 Å². The average Bonchev–Trinajstić information content (AvgIpc) is 2.91. The quantitative estimate of drug-likeness (QED) is 0.641. The van der Waals surface area contributed by atoms with Crippen LogP contribution in [0.15, 0.2) is 41.2 Å². The summed E-state index contributed by atoms with van der Waals surface area (Å²) in [5.74, 6) is 0.402. The van der Waals surface area contributed by atoms with Crippen LogP contribution >= 0.6 is 0 Å². The molecule has 0 bridgehead atoms. The molecule has 30 heavy (non-hydrogen) atoms. The SMILES string of the molecule is Cn1c(=O)n(CC(C)(C)C)c2ccc(-c3ccc(N4CCS(=O)(=O)CC4)cc3)nc21. The van der Waals surface area contributed by atoms with Crippen molar-refractivity contribution in [3.63, 3.8) is 0 Å². The van der Waals surface area contributed by atoms with Crippen LogP contribution < -0.4 is 10.6 Å². The summed E-state index contributed by atoms with van der Waals surface area (Å²) >= 11 is 0. The number of hydrogen-bond acceptors (Lipinski definition) is 5. The molecule has 3 heterocycles. The number of hydrogen-bond donors (Lipinski definition) is 0. The van der Waals surface area contributed by atoms with Crippen molar-refractivity contribution in [2.24, 2.45) is 12.5 Å². The smallest absolute Gasteiger partial charge is 0.330 e. The Morgan fingerprint density at radius 3 is 2.23 bits per heavy atom. The lowest BCUT2D eigenvalue weighted by Crippen LogP contribution is -2.40. The van der Waals surface area contributed by atoms with E-state index in [1.165, 1.54) is 0 Å².